The highest BCUT2D eigenvalue weighted by Gasteiger charge is 2.35. The molecule has 0 spiro atoms. The lowest BCUT2D eigenvalue weighted by Crippen LogP contribution is -2.51. The molecule has 0 aliphatic carbocycles. The molecule has 1 aromatic rings. The lowest BCUT2D eigenvalue weighted by molar-refractivity contribution is -0.122. The molecule has 6 heteroatoms. The number of carbonyl (C=O) groups is 2. The van der Waals surface area contributed by atoms with E-state index in [0.717, 1.165) is 18.4 Å². The topological polar surface area (TPSA) is 58.6 Å². The highest BCUT2D eigenvalue weighted by atomic mass is 19.1. The second-order valence-corrected chi connectivity index (χ2v) is 7.16. The lowest BCUT2D eigenvalue weighted by Gasteiger charge is -2.35. The van der Waals surface area contributed by atoms with E-state index < -0.39 is 23.6 Å². The van der Waals surface area contributed by atoms with Crippen LogP contribution in [-0.2, 0) is 9.53 Å². The van der Waals surface area contributed by atoms with Gasteiger partial charge in [0.15, 0.2) is 0 Å². The van der Waals surface area contributed by atoms with Crippen molar-refractivity contribution in [2.45, 2.75) is 58.6 Å². The Labute approximate surface area is 142 Å². The number of anilines is 1. The molecule has 0 aromatic heterocycles. The Morgan fingerprint density at radius 1 is 1.29 bits per heavy atom. The maximum absolute atomic E-state index is 13.9. The molecule has 1 fully saturated rings. The summed E-state index contributed by atoms with van der Waals surface area (Å²) in [6.45, 7) is 7.59. The quantitative estimate of drug-likeness (QED) is 0.892. The maximum atomic E-state index is 13.9. The monoisotopic (exact) mass is 336 g/mol. The Bertz CT molecular complexity index is 625. The highest BCUT2D eigenvalue weighted by molar-refractivity contribution is 5.96. The molecule has 24 heavy (non-hydrogen) atoms. The fourth-order valence-corrected chi connectivity index (χ4v) is 2.68. The van der Waals surface area contributed by atoms with Crippen LogP contribution in [0.4, 0.5) is 14.9 Å². The fraction of sp³-hybridized carbons (Fsp3) is 0.556. The van der Waals surface area contributed by atoms with Crippen molar-refractivity contribution in [1.29, 1.82) is 0 Å². The zero-order valence-corrected chi connectivity index (χ0v) is 14.7. The van der Waals surface area contributed by atoms with Crippen LogP contribution in [0.25, 0.3) is 0 Å². The average molecular weight is 336 g/mol. The Hall–Kier alpha value is -2.11. The molecule has 2 amide bonds. The van der Waals surface area contributed by atoms with E-state index in [1.165, 1.54) is 17.0 Å². The smallest absolute Gasteiger partial charge is 0.410 e. The molecule has 1 atom stereocenters. The predicted molar refractivity (Wildman–Crippen MR) is 90.3 cm³/mol. The minimum atomic E-state index is -0.644. The molecular formula is C18H25FN2O3. The number of amides is 2. The summed E-state index contributed by atoms with van der Waals surface area (Å²) >= 11 is 0. The number of benzene rings is 1. The first-order valence-corrected chi connectivity index (χ1v) is 8.24. The van der Waals surface area contributed by atoms with E-state index in [4.69, 9.17) is 4.74 Å². The Morgan fingerprint density at radius 3 is 2.62 bits per heavy atom. The number of halogens is 1. The van der Waals surface area contributed by atoms with Crippen LogP contribution >= 0.6 is 0 Å². The Balaban J connectivity index is 2.11. The van der Waals surface area contributed by atoms with Crippen molar-refractivity contribution in [2.75, 3.05) is 11.9 Å². The number of nitrogens with one attached hydrogen (secondary N) is 1. The van der Waals surface area contributed by atoms with Crippen molar-refractivity contribution < 1.29 is 18.7 Å². The van der Waals surface area contributed by atoms with Crippen molar-refractivity contribution in [2.24, 2.45) is 0 Å². The van der Waals surface area contributed by atoms with Crippen LogP contribution < -0.4 is 5.32 Å². The van der Waals surface area contributed by atoms with Crippen LogP contribution in [-0.4, -0.2) is 35.1 Å². The predicted octanol–water partition coefficient (Wildman–Crippen LogP) is 3.86. The first kappa shape index (κ1) is 18.2. The van der Waals surface area contributed by atoms with Gasteiger partial charge in [0.1, 0.15) is 17.5 Å². The number of rotatable bonds is 2. The number of ether oxygens (including phenoxy) is 1. The van der Waals surface area contributed by atoms with Gasteiger partial charge in [-0.05, 0) is 64.7 Å². The molecule has 1 unspecified atom stereocenters. The summed E-state index contributed by atoms with van der Waals surface area (Å²) in [6, 6.07) is 3.98. The summed E-state index contributed by atoms with van der Waals surface area (Å²) in [4.78, 5) is 26.3. The first-order valence-electron chi connectivity index (χ1n) is 8.24. The zero-order valence-electron chi connectivity index (χ0n) is 14.7. The fourth-order valence-electron chi connectivity index (χ4n) is 2.68. The van der Waals surface area contributed by atoms with Gasteiger partial charge in [0.2, 0.25) is 5.91 Å². The molecule has 1 aromatic carbocycles. The molecule has 1 N–H and O–H groups in total. The molecule has 1 aliphatic rings. The largest absolute Gasteiger partial charge is 0.444 e. The van der Waals surface area contributed by atoms with Crippen molar-refractivity contribution in [1.82, 2.24) is 4.90 Å². The van der Waals surface area contributed by atoms with E-state index in [1.807, 2.05) is 0 Å². The van der Waals surface area contributed by atoms with Gasteiger partial charge in [-0.3, -0.25) is 9.69 Å². The molecule has 0 bridgehead atoms. The number of carbonyl (C=O) groups excluding carboxylic acids is 2. The summed E-state index contributed by atoms with van der Waals surface area (Å²) in [5.74, 6) is -0.869. The Kier molecular flexibility index (Phi) is 5.47. The normalized spacial score (nSPS) is 18.2. The van der Waals surface area contributed by atoms with Crippen molar-refractivity contribution in [3.63, 3.8) is 0 Å². The molecule has 0 radical (unpaired) electrons. The molecule has 1 saturated heterocycles. The van der Waals surface area contributed by atoms with E-state index in [9.17, 15) is 14.0 Å². The van der Waals surface area contributed by atoms with Gasteiger partial charge < -0.3 is 10.1 Å². The standard InChI is InChI=1S/C18H25FN2O3/c1-12-8-9-14(13(19)11-12)20-16(22)15-7-5-6-10-21(15)17(23)24-18(2,3)4/h8-9,11,15H,5-7,10H2,1-4H3,(H,20,22). The molecule has 132 valence electrons. The summed E-state index contributed by atoms with van der Waals surface area (Å²) < 4.78 is 19.3. The second kappa shape index (κ2) is 7.20. The third-order valence-electron chi connectivity index (χ3n) is 3.82. The van der Waals surface area contributed by atoms with Crippen LogP contribution in [0.2, 0.25) is 0 Å². The second-order valence-electron chi connectivity index (χ2n) is 7.16. The van der Waals surface area contributed by atoms with Gasteiger partial charge in [-0.1, -0.05) is 6.07 Å². The van der Waals surface area contributed by atoms with Crippen molar-refractivity contribution in [3.8, 4) is 0 Å². The highest BCUT2D eigenvalue weighted by Crippen LogP contribution is 2.23. The number of hydrogen-bond donors (Lipinski definition) is 1. The van der Waals surface area contributed by atoms with E-state index in [0.29, 0.717) is 13.0 Å². The van der Waals surface area contributed by atoms with Crippen LogP contribution in [0.5, 0.6) is 0 Å². The van der Waals surface area contributed by atoms with Crippen LogP contribution in [0.15, 0.2) is 18.2 Å². The van der Waals surface area contributed by atoms with E-state index in [1.54, 1.807) is 33.8 Å². The maximum Gasteiger partial charge on any atom is 0.410 e. The Morgan fingerprint density at radius 2 is 2.00 bits per heavy atom. The van der Waals surface area contributed by atoms with Gasteiger partial charge in [-0.25, -0.2) is 9.18 Å². The summed E-state index contributed by atoms with van der Waals surface area (Å²) in [7, 11) is 0. The van der Waals surface area contributed by atoms with E-state index in [-0.39, 0.29) is 11.6 Å². The minimum absolute atomic E-state index is 0.125. The summed E-state index contributed by atoms with van der Waals surface area (Å²) in [5.41, 5.74) is 0.275. The van der Waals surface area contributed by atoms with Gasteiger partial charge >= 0.3 is 6.09 Å². The zero-order chi connectivity index (χ0) is 17.9. The number of piperidine rings is 1. The lowest BCUT2D eigenvalue weighted by atomic mass is 10.0. The van der Waals surface area contributed by atoms with Crippen molar-refractivity contribution >= 4 is 17.7 Å². The first-order chi connectivity index (χ1) is 11.2. The molecule has 0 saturated carbocycles. The molecule has 1 aliphatic heterocycles. The third kappa shape index (κ3) is 4.69. The summed E-state index contributed by atoms with van der Waals surface area (Å²) in [6.07, 6.45) is 1.69. The van der Waals surface area contributed by atoms with Crippen LogP contribution in [0, 0.1) is 12.7 Å². The number of hydrogen-bond acceptors (Lipinski definition) is 3. The van der Waals surface area contributed by atoms with Crippen LogP contribution in [0.1, 0.15) is 45.6 Å². The average Bonchev–Trinajstić information content (AvgIpc) is 2.48. The van der Waals surface area contributed by atoms with E-state index >= 15 is 0 Å². The molecule has 5 nitrogen and oxygen atoms in total. The number of aryl methyl sites for hydroxylation is 1. The van der Waals surface area contributed by atoms with Gasteiger partial charge in [-0.15, -0.1) is 0 Å². The molecule has 2 rings (SSSR count). The van der Waals surface area contributed by atoms with Gasteiger partial charge in [0, 0.05) is 6.54 Å². The van der Waals surface area contributed by atoms with Gasteiger partial charge in [0.05, 0.1) is 5.69 Å². The van der Waals surface area contributed by atoms with Gasteiger partial charge in [0.25, 0.3) is 0 Å². The number of likely N-dealkylation sites (tertiary alicyclic amines) is 1. The van der Waals surface area contributed by atoms with Crippen LogP contribution in [0.3, 0.4) is 0 Å². The molecule has 1 heterocycles. The third-order valence-corrected chi connectivity index (χ3v) is 3.82. The van der Waals surface area contributed by atoms with Crippen molar-refractivity contribution in [3.05, 3.63) is 29.6 Å². The van der Waals surface area contributed by atoms with Gasteiger partial charge in [-0.2, -0.15) is 0 Å². The minimum Gasteiger partial charge on any atom is -0.444 e. The number of nitrogens with zero attached hydrogens (tertiary/aromatic N) is 1. The summed E-state index contributed by atoms with van der Waals surface area (Å²) in [5, 5.41) is 2.59. The SMILES string of the molecule is Cc1ccc(NC(=O)C2CCCCN2C(=O)OC(C)(C)C)c(F)c1. The van der Waals surface area contributed by atoms with E-state index in [2.05, 4.69) is 5.32 Å². The molecular weight excluding hydrogens is 311 g/mol.